The van der Waals surface area contributed by atoms with Crippen molar-refractivity contribution in [2.45, 2.75) is 26.4 Å². The van der Waals surface area contributed by atoms with E-state index in [0.29, 0.717) is 23.4 Å². The summed E-state index contributed by atoms with van der Waals surface area (Å²) in [6.45, 7) is 6.22. The molecule has 1 saturated heterocycles. The number of thiazole rings is 1. The van der Waals surface area contributed by atoms with Gasteiger partial charge >= 0.3 is 6.03 Å². The van der Waals surface area contributed by atoms with Gasteiger partial charge in [0.05, 0.1) is 36.2 Å². The van der Waals surface area contributed by atoms with E-state index in [1.165, 1.54) is 11.3 Å². The number of amides is 2. The van der Waals surface area contributed by atoms with Crippen LogP contribution in [0.1, 0.15) is 20.3 Å². The number of carbonyl (C=O) groups is 1. The first-order valence-electron chi connectivity index (χ1n) is 10.1. The monoisotopic (exact) mass is 426 g/mol. The Labute approximate surface area is 180 Å². The Morgan fingerprint density at radius 1 is 1.30 bits per heavy atom. The number of fused-ring (bicyclic) bond motifs is 1. The predicted octanol–water partition coefficient (Wildman–Crippen LogP) is 4.65. The lowest BCUT2D eigenvalue weighted by Crippen LogP contribution is -2.33. The summed E-state index contributed by atoms with van der Waals surface area (Å²) in [7, 11) is 1.63. The number of benzene rings is 1. The number of hydrogen-bond donors (Lipinski definition) is 1. The number of nitrogens with zero attached hydrogens (tertiary/aromatic N) is 3. The Balaban J connectivity index is 1.43. The van der Waals surface area contributed by atoms with E-state index in [4.69, 9.17) is 9.47 Å². The second kappa shape index (κ2) is 8.97. The molecular weight excluding hydrogens is 400 g/mol. The smallest absolute Gasteiger partial charge is 0.323 e. The molecule has 0 aliphatic carbocycles. The van der Waals surface area contributed by atoms with Crippen LogP contribution in [0.4, 0.5) is 9.93 Å². The highest BCUT2D eigenvalue weighted by atomic mass is 32.1. The zero-order valence-corrected chi connectivity index (χ0v) is 18.2. The Bertz CT molecular complexity index is 1040. The van der Waals surface area contributed by atoms with Gasteiger partial charge in [0.2, 0.25) is 0 Å². The summed E-state index contributed by atoms with van der Waals surface area (Å²) >= 11 is 1.47. The Kier molecular flexibility index (Phi) is 6.15. The molecule has 1 atom stereocenters. The van der Waals surface area contributed by atoms with Crippen LogP contribution >= 0.6 is 11.3 Å². The highest BCUT2D eigenvalue weighted by molar-refractivity contribution is 7.22. The van der Waals surface area contributed by atoms with E-state index >= 15 is 0 Å². The lowest BCUT2D eigenvalue weighted by Gasteiger charge is -2.17. The van der Waals surface area contributed by atoms with E-state index in [-0.39, 0.29) is 12.1 Å². The summed E-state index contributed by atoms with van der Waals surface area (Å²) in [4.78, 5) is 23.3. The fourth-order valence-corrected chi connectivity index (χ4v) is 4.39. The van der Waals surface area contributed by atoms with Gasteiger partial charge in [-0.3, -0.25) is 10.3 Å². The van der Waals surface area contributed by atoms with E-state index in [0.717, 1.165) is 40.9 Å². The predicted molar refractivity (Wildman–Crippen MR) is 119 cm³/mol. The summed E-state index contributed by atoms with van der Waals surface area (Å²) in [5.41, 5.74) is 2.87. The normalized spacial score (nSPS) is 16.4. The van der Waals surface area contributed by atoms with Crippen LogP contribution in [-0.4, -0.2) is 53.8 Å². The molecule has 1 unspecified atom stereocenters. The standard InChI is InChI=1S/C22H26N4O3S/c1-14(2)29-13-15-6-7-26(12-15)22(27)25-21-24-19-5-4-16(9-20(19)30-21)17-8-18(28-3)11-23-10-17/h4-5,8-11,14-15H,6-7,12-13H2,1-3H3,(H,24,25,27). The van der Waals surface area contributed by atoms with Crippen molar-refractivity contribution in [3.05, 3.63) is 36.7 Å². The SMILES string of the molecule is COc1cncc(-c2ccc3nc(NC(=O)N4CCC(COC(C)C)C4)sc3c2)c1. The topological polar surface area (TPSA) is 76.6 Å². The third-order valence-corrected chi connectivity index (χ3v) is 6.06. The number of rotatable bonds is 6. The van der Waals surface area contributed by atoms with Crippen molar-refractivity contribution in [3.63, 3.8) is 0 Å². The van der Waals surface area contributed by atoms with Crippen LogP contribution < -0.4 is 10.1 Å². The van der Waals surface area contributed by atoms with Crippen molar-refractivity contribution in [1.82, 2.24) is 14.9 Å². The number of pyridine rings is 1. The number of hydrogen-bond acceptors (Lipinski definition) is 6. The highest BCUT2D eigenvalue weighted by Gasteiger charge is 2.27. The number of methoxy groups -OCH3 is 1. The number of aromatic nitrogens is 2. The molecule has 158 valence electrons. The van der Waals surface area contributed by atoms with E-state index in [9.17, 15) is 4.79 Å². The summed E-state index contributed by atoms with van der Waals surface area (Å²) in [5, 5.41) is 3.57. The molecule has 30 heavy (non-hydrogen) atoms. The Morgan fingerprint density at radius 2 is 2.17 bits per heavy atom. The summed E-state index contributed by atoms with van der Waals surface area (Å²) < 4.78 is 12.0. The quantitative estimate of drug-likeness (QED) is 0.621. The van der Waals surface area contributed by atoms with E-state index < -0.39 is 0 Å². The van der Waals surface area contributed by atoms with Crippen LogP contribution in [0.5, 0.6) is 5.75 Å². The molecule has 0 spiro atoms. The molecule has 1 aliphatic heterocycles. The first kappa shape index (κ1) is 20.6. The summed E-state index contributed by atoms with van der Waals surface area (Å²) in [5.74, 6) is 1.11. The Morgan fingerprint density at radius 3 is 2.97 bits per heavy atom. The zero-order chi connectivity index (χ0) is 21.1. The molecule has 0 bridgehead atoms. The molecule has 8 heteroatoms. The molecule has 1 aliphatic rings. The maximum Gasteiger partial charge on any atom is 0.323 e. The average Bonchev–Trinajstić information content (AvgIpc) is 3.38. The van der Waals surface area contributed by atoms with Crippen LogP contribution in [0, 0.1) is 5.92 Å². The second-order valence-corrected chi connectivity index (χ2v) is 8.76. The fraction of sp³-hybridized carbons (Fsp3) is 0.409. The van der Waals surface area contributed by atoms with Crippen LogP contribution in [0.15, 0.2) is 36.7 Å². The minimum Gasteiger partial charge on any atom is -0.495 e. The number of urea groups is 1. The van der Waals surface area contributed by atoms with Gasteiger partial charge < -0.3 is 14.4 Å². The number of anilines is 1. The molecule has 7 nitrogen and oxygen atoms in total. The van der Waals surface area contributed by atoms with E-state index in [2.05, 4.69) is 21.4 Å². The van der Waals surface area contributed by atoms with Crippen molar-refractivity contribution in [2.75, 3.05) is 32.1 Å². The zero-order valence-electron chi connectivity index (χ0n) is 17.4. The number of carbonyl (C=O) groups excluding carboxylic acids is 1. The van der Waals surface area contributed by atoms with Gasteiger partial charge in [0.25, 0.3) is 0 Å². The van der Waals surface area contributed by atoms with Crippen LogP contribution in [-0.2, 0) is 4.74 Å². The third-order valence-electron chi connectivity index (χ3n) is 5.12. The minimum atomic E-state index is -0.0988. The van der Waals surface area contributed by atoms with Crippen molar-refractivity contribution < 1.29 is 14.3 Å². The summed E-state index contributed by atoms with van der Waals surface area (Å²) in [6.07, 6.45) is 4.67. The molecule has 1 fully saturated rings. The lowest BCUT2D eigenvalue weighted by atomic mass is 10.1. The van der Waals surface area contributed by atoms with Gasteiger partial charge in [-0.15, -0.1) is 0 Å². The number of ether oxygens (including phenoxy) is 2. The van der Waals surface area contributed by atoms with Gasteiger partial charge in [0.1, 0.15) is 5.75 Å². The Hall–Kier alpha value is -2.71. The highest BCUT2D eigenvalue weighted by Crippen LogP contribution is 2.31. The fourth-order valence-electron chi connectivity index (χ4n) is 3.50. The maximum atomic E-state index is 12.7. The van der Waals surface area contributed by atoms with Gasteiger partial charge in [-0.1, -0.05) is 17.4 Å². The molecule has 0 radical (unpaired) electrons. The second-order valence-electron chi connectivity index (χ2n) is 7.73. The molecule has 1 aromatic carbocycles. The van der Waals surface area contributed by atoms with Gasteiger partial charge in [-0.2, -0.15) is 0 Å². The minimum absolute atomic E-state index is 0.0988. The molecular formula is C22H26N4O3S. The number of likely N-dealkylation sites (tertiary alicyclic amines) is 1. The molecule has 0 saturated carbocycles. The van der Waals surface area contributed by atoms with Crippen LogP contribution in [0.25, 0.3) is 21.3 Å². The van der Waals surface area contributed by atoms with Crippen LogP contribution in [0.2, 0.25) is 0 Å². The first-order valence-corrected chi connectivity index (χ1v) is 10.9. The molecule has 3 heterocycles. The van der Waals surface area contributed by atoms with E-state index in [1.807, 2.05) is 36.9 Å². The van der Waals surface area contributed by atoms with Gasteiger partial charge in [-0.05, 0) is 44.0 Å². The van der Waals surface area contributed by atoms with Crippen molar-refractivity contribution in [3.8, 4) is 16.9 Å². The third kappa shape index (κ3) is 4.71. The average molecular weight is 427 g/mol. The number of nitrogens with one attached hydrogen (secondary N) is 1. The van der Waals surface area contributed by atoms with Crippen LogP contribution in [0.3, 0.4) is 0 Å². The van der Waals surface area contributed by atoms with Crippen molar-refractivity contribution >= 4 is 32.7 Å². The molecule has 4 rings (SSSR count). The van der Waals surface area contributed by atoms with Crippen molar-refractivity contribution in [1.29, 1.82) is 0 Å². The largest absolute Gasteiger partial charge is 0.495 e. The molecule has 1 N–H and O–H groups in total. The van der Waals surface area contributed by atoms with Gasteiger partial charge in [0, 0.05) is 30.8 Å². The van der Waals surface area contributed by atoms with Gasteiger partial charge in [-0.25, -0.2) is 9.78 Å². The molecule has 3 aromatic rings. The maximum absolute atomic E-state index is 12.7. The first-order chi connectivity index (χ1) is 14.5. The summed E-state index contributed by atoms with van der Waals surface area (Å²) in [6, 6.07) is 7.88. The lowest BCUT2D eigenvalue weighted by molar-refractivity contribution is 0.0539. The van der Waals surface area contributed by atoms with Gasteiger partial charge in [0.15, 0.2) is 5.13 Å². The van der Waals surface area contributed by atoms with E-state index in [1.54, 1.807) is 19.5 Å². The molecule has 2 amide bonds. The molecule has 2 aromatic heterocycles. The van der Waals surface area contributed by atoms with Crippen molar-refractivity contribution in [2.24, 2.45) is 5.92 Å².